The van der Waals surface area contributed by atoms with Crippen molar-refractivity contribution in [3.05, 3.63) is 34.1 Å². The summed E-state index contributed by atoms with van der Waals surface area (Å²) >= 11 is 5.51. The summed E-state index contributed by atoms with van der Waals surface area (Å²) in [5, 5.41) is 17.3. The molecule has 0 aliphatic rings. The molecule has 0 fully saturated rings. The predicted octanol–water partition coefficient (Wildman–Crippen LogP) is 1.91. The van der Waals surface area contributed by atoms with E-state index in [0.29, 0.717) is 5.56 Å². The number of hydrogen-bond donors (Lipinski definition) is 2. The minimum atomic E-state index is -1.79. The van der Waals surface area contributed by atoms with Crippen LogP contribution in [0, 0.1) is 12.7 Å². The number of rotatable bonds is 2. The highest BCUT2D eigenvalue weighted by molar-refractivity contribution is 6.31. The van der Waals surface area contributed by atoms with E-state index >= 15 is 0 Å². The molecular weight excluding hydrogens is 211 g/mol. The maximum Gasteiger partial charge on any atom is 0.337 e. The fourth-order valence-corrected chi connectivity index (χ4v) is 1.30. The SMILES string of the molecule is Cc1cc(F)c(Cl)c(C(O)C(=O)O)c1. The van der Waals surface area contributed by atoms with Crippen LogP contribution in [0.15, 0.2) is 12.1 Å². The van der Waals surface area contributed by atoms with Crippen molar-refractivity contribution in [2.45, 2.75) is 13.0 Å². The van der Waals surface area contributed by atoms with E-state index in [4.69, 9.17) is 16.7 Å². The zero-order valence-corrected chi connectivity index (χ0v) is 8.05. The molecule has 1 rings (SSSR count). The number of aliphatic hydroxyl groups excluding tert-OH is 1. The number of carboxylic acid groups (broad SMARTS) is 1. The van der Waals surface area contributed by atoms with Crippen molar-refractivity contribution in [1.82, 2.24) is 0 Å². The normalized spacial score (nSPS) is 12.6. The molecule has 0 spiro atoms. The van der Waals surface area contributed by atoms with Gasteiger partial charge < -0.3 is 10.2 Å². The standard InChI is InChI=1S/C9H8ClFO3/c1-4-2-5(8(12)9(13)14)7(10)6(11)3-4/h2-3,8,12H,1H3,(H,13,14). The van der Waals surface area contributed by atoms with Crippen LogP contribution in [-0.4, -0.2) is 16.2 Å². The first-order valence-corrected chi connectivity index (χ1v) is 4.17. The van der Waals surface area contributed by atoms with E-state index in [1.165, 1.54) is 12.1 Å². The van der Waals surface area contributed by atoms with Crippen LogP contribution in [0.3, 0.4) is 0 Å². The topological polar surface area (TPSA) is 57.5 Å². The molecule has 2 N–H and O–H groups in total. The monoisotopic (exact) mass is 218 g/mol. The van der Waals surface area contributed by atoms with Crippen molar-refractivity contribution in [2.75, 3.05) is 0 Å². The van der Waals surface area contributed by atoms with Crippen LogP contribution in [0.25, 0.3) is 0 Å². The van der Waals surface area contributed by atoms with E-state index in [9.17, 15) is 14.3 Å². The molecule has 1 aromatic rings. The molecule has 1 unspecified atom stereocenters. The lowest BCUT2D eigenvalue weighted by Crippen LogP contribution is -2.11. The van der Waals surface area contributed by atoms with Gasteiger partial charge in [0.15, 0.2) is 6.10 Å². The van der Waals surface area contributed by atoms with Gasteiger partial charge in [0.1, 0.15) is 5.82 Å². The Balaban J connectivity index is 3.26. The average Bonchev–Trinajstić information content (AvgIpc) is 2.09. The van der Waals surface area contributed by atoms with Gasteiger partial charge in [-0.25, -0.2) is 9.18 Å². The summed E-state index contributed by atoms with van der Waals surface area (Å²) in [4.78, 5) is 10.4. The fourth-order valence-electron chi connectivity index (χ4n) is 1.08. The number of aryl methyl sites for hydroxylation is 1. The average molecular weight is 219 g/mol. The molecule has 5 heteroatoms. The highest BCUT2D eigenvalue weighted by Crippen LogP contribution is 2.27. The summed E-state index contributed by atoms with van der Waals surface area (Å²) in [7, 11) is 0. The van der Waals surface area contributed by atoms with Gasteiger partial charge in [0.2, 0.25) is 0 Å². The Labute approximate surface area is 84.7 Å². The van der Waals surface area contributed by atoms with Crippen LogP contribution in [0.4, 0.5) is 4.39 Å². The van der Waals surface area contributed by atoms with Gasteiger partial charge in [0.25, 0.3) is 0 Å². The van der Waals surface area contributed by atoms with E-state index in [1.807, 2.05) is 0 Å². The van der Waals surface area contributed by atoms with Crippen molar-refractivity contribution < 1.29 is 19.4 Å². The third kappa shape index (κ3) is 2.02. The van der Waals surface area contributed by atoms with Gasteiger partial charge >= 0.3 is 5.97 Å². The molecule has 0 saturated carbocycles. The molecule has 3 nitrogen and oxygen atoms in total. The number of aliphatic hydroxyl groups is 1. The number of hydrogen-bond acceptors (Lipinski definition) is 2. The quantitative estimate of drug-likeness (QED) is 0.797. The van der Waals surface area contributed by atoms with Crippen molar-refractivity contribution in [3.8, 4) is 0 Å². The van der Waals surface area contributed by atoms with E-state index in [0.717, 1.165) is 0 Å². The van der Waals surface area contributed by atoms with E-state index in [1.54, 1.807) is 6.92 Å². The first-order valence-electron chi connectivity index (χ1n) is 3.80. The molecule has 0 amide bonds. The number of carbonyl (C=O) groups is 1. The Morgan fingerprint density at radius 2 is 2.14 bits per heavy atom. The molecular formula is C9H8ClFO3. The lowest BCUT2D eigenvalue weighted by molar-refractivity contribution is -0.146. The first kappa shape index (κ1) is 10.9. The summed E-state index contributed by atoms with van der Waals surface area (Å²) in [6.45, 7) is 1.58. The second kappa shape index (κ2) is 3.94. The summed E-state index contributed by atoms with van der Waals surface area (Å²) < 4.78 is 13.0. The zero-order valence-electron chi connectivity index (χ0n) is 7.29. The Morgan fingerprint density at radius 3 is 2.64 bits per heavy atom. The third-order valence-corrected chi connectivity index (χ3v) is 2.13. The molecule has 0 aliphatic heterocycles. The van der Waals surface area contributed by atoms with Crippen LogP contribution >= 0.6 is 11.6 Å². The van der Waals surface area contributed by atoms with Gasteiger partial charge in [-0.15, -0.1) is 0 Å². The maximum atomic E-state index is 13.0. The molecule has 1 aromatic carbocycles. The number of carboxylic acids is 1. The minimum Gasteiger partial charge on any atom is -0.479 e. The van der Waals surface area contributed by atoms with E-state index in [-0.39, 0.29) is 10.6 Å². The van der Waals surface area contributed by atoms with Crippen molar-refractivity contribution >= 4 is 17.6 Å². The molecule has 0 bridgehead atoms. The molecule has 0 aromatic heterocycles. The maximum absolute atomic E-state index is 13.0. The predicted molar refractivity (Wildman–Crippen MR) is 48.7 cm³/mol. The number of halogens is 2. The van der Waals surface area contributed by atoms with Crippen molar-refractivity contribution in [1.29, 1.82) is 0 Å². The molecule has 14 heavy (non-hydrogen) atoms. The Bertz CT molecular complexity index is 379. The Morgan fingerprint density at radius 1 is 1.57 bits per heavy atom. The van der Waals surface area contributed by atoms with Gasteiger partial charge in [0, 0.05) is 5.56 Å². The van der Waals surface area contributed by atoms with Crippen molar-refractivity contribution in [3.63, 3.8) is 0 Å². The largest absolute Gasteiger partial charge is 0.479 e. The second-order valence-electron chi connectivity index (χ2n) is 2.89. The van der Waals surface area contributed by atoms with Gasteiger partial charge in [0.05, 0.1) is 5.02 Å². The van der Waals surface area contributed by atoms with Crippen molar-refractivity contribution in [2.24, 2.45) is 0 Å². The molecule has 0 aliphatic carbocycles. The van der Waals surface area contributed by atoms with Crippen LogP contribution in [0.1, 0.15) is 17.2 Å². The highest BCUT2D eigenvalue weighted by Gasteiger charge is 2.21. The lowest BCUT2D eigenvalue weighted by Gasteiger charge is -2.09. The molecule has 76 valence electrons. The van der Waals surface area contributed by atoms with E-state index < -0.39 is 17.9 Å². The molecule has 0 saturated heterocycles. The Hall–Kier alpha value is -1.13. The minimum absolute atomic E-state index is 0.128. The zero-order chi connectivity index (χ0) is 10.9. The van der Waals surface area contributed by atoms with Crippen LogP contribution in [0.2, 0.25) is 5.02 Å². The van der Waals surface area contributed by atoms with E-state index in [2.05, 4.69) is 0 Å². The summed E-state index contributed by atoms with van der Waals surface area (Å²) in [6.07, 6.45) is -1.79. The van der Waals surface area contributed by atoms with Gasteiger partial charge in [-0.1, -0.05) is 17.7 Å². The molecule has 1 atom stereocenters. The number of aliphatic carboxylic acids is 1. The van der Waals surface area contributed by atoms with Gasteiger partial charge in [-0.05, 0) is 18.6 Å². The van der Waals surface area contributed by atoms with Crippen LogP contribution in [0.5, 0.6) is 0 Å². The van der Waals surface area contributed by atoms with Crippen LogP contribution in [-0.2, 0) is 4.79 Å². The van der Waals surface area contributed by atoms with Gasteiger partial charge in [-0.2, -0.15) is 0 Å². The number of benzene rings is 1. The fraction of sp³-hybridized carbons (Fsp3) is 0.222. The third-order valence-electron chi connectivity index (χ3n) is 1.73. The summed E-state index contributed by atoms with van der Waals surface area (Å²) in [6, 6.07) is 2.50. The van der Waals surface area contributed by atoms with Gasteiger partial charge in [-0.3, -0.25) is 0 Å². The second-order valence-corrected chi connectivity index (χ2v) is 3.27. The smallest absolute Gasteiger partial charge is 0.337 e. The molecule has 0 radical (unpaired) electrons. The highest BCUT2D eigenvalue weighted by atomic mass is 35.5. The summed E-state index contributed by atoms with van der Waals surface area (Å²) in [5.74, 6) is -2.20. The molecule has 0 heterocycles. The first-order chi connectivity index (χ1) is 6.43. The summed E-state index contributed by atoms with van der Waals surface area (Å²) in [5.41, 5.74) is 0.374. The lowest BCUT2D eigenvalue weighted by atomic mass is 10.1. The Kier molecular flexibility index (Phi) is 3.08. The van der Waals surface area contributed by atoms with Crippen LogP contribution < -0.4 is 0 Å².